The summed E-state index contributed by atoms with van der Waals surface area (Å²) >= 11 is 0. The lowest BCUT2D eigenvalue weighted by Crippen LogP contribution is -2.36. The van der Waals surface area contributed by atoms with E-state index in [9.17, 15) is 9.59 Å². The van der Waals surface area contributed by atoms with Crippen LogP contribution in [0, 0.1) is 17.8 Å². The first kappa shape index (κ1) is 23.4. The molecule has 1 unspecified atom stereocenters. The zero-order chi connectivity index (χ0) is 23.1. The molecule has 11 nitrogen and oxygen atoms in total. The molecular formula is C21H29N7O4. The van der Waals surface area contributed by atoms with E-state index in [1.807, 2.05) is 13.8 Å². The molecule has 2 aromatic rings. The van der Waals surface area contributed by atoms with Crippen molar-refractivity contribution < 1.29 is 19.4 Å². The lowest BCUT2D eigenvalue weighted by molar-refractivity contribution is -0.143. The quantitative estimate of drug-likeness (QED) is 0.494. The van der Waals surface area contributed by atoms with Crippen LogP contribution in [0.3, 0.4) is 0 Å². The van der Waals surface area contributed by atoms with E-state index >= 15 is 0 Å². The van der Waals surface area contributed by atoms with Gasteiger partial charge in [-0.1, -0.05) is 12.8 Å². The number of nitrogen functional groups attached to an aromatic ring is 1. The van der Waals surface area contributed by atoms with E-state index in [1.165, 1.54) is 0 Å². The number of hydrogen-bond acceptors (Lipinski definition) is 8. The Bertz CT molecular complexity index is 1020. The lowest BCUT2D eigenvalue weighted by atomic mass is 9.97. The highest BCUT2D eigenvalue weighted by Crippen LogP contribution is 2.18. The number of carboxylic acid groups (broad SMARTS) is 1. The number of hydrogen-bond donors (Lipinski definition) is 3. The average Bonchev–Trinajstić information content (AvgIpc) is 3.18. The average molecular weight is 444 g/mol. The molecule has 0 radical (unpaired) electrons. The maximum Gasteiger partial charge on any atom is 0.306 e. The Morgan fingerprint density at radius 1 is 1.34 bits per heavy atom. The molecule has 0 saturated carbocycles. The Balaban J connectivity index is 1.67. The molecular weight excluding hydrogens is 414 g/mol. The van der Waals surface area contributed by atoms with Crippen LogP contribution in [0.1, 0.15) is 38.9 Å². The molecule has 1 atom stereocenters. The van der Waals surface area contributed by atoms with Crippen LogP contribution in [0.5, 0.6) is 0 Å². The number of anilines is 1. The fourth-order valence-electron chi connectivity index (χ4n) is 3.52. The van der Waals surface area contributed by atoms with Crippen molar-refractivity contribution >= 4 is 28.9 Å². The smallest absolute Gasteiger partial charge is 0.306 e. The van der Waals surface area contributed by atoms with Crippen LogP contribution in [-0.4, -0.2) is 73.7 Å². The second kappa shape index (κ2) is 10.9. The molecule has 2 aromatic heterocycles. The number of ether oxygens (including phenoxy) is 1. The van der Waals surface area contributed by atoms with Crippen LogP contribution < -0.4 is 11.1 Å². The van der Waals surface area contributed by atoms with Gasteiger partial charge in [0.1, 0.15) is 18.4 Å². The number of amides is 1. The van der Waals surface area contributed by atoms with Crippen molar-refractivity contribution in [2.45, 2.75) is 45.9 Å². The van der Waals surface area contributed by atoms with Crippen LogP contribution in [0.15, 0.2) is 6.33 Å². The number of carbonyl (C=O) groups is 2. The van der Waals surface area contributed by atoms with Crippen LogP contribution in [0.25, 0.3) is 11.2 Å². The Labute approximate surface area is 186 Å². The summed E-state index contributed by atoms with van der Waals surface area (Å²) < 4.78 is 7.41. The SMILES string of the molecule is CCNC(=O)C(CC)OCn1cnc2c(N)nc(C#CCN3CCC(C(=O)O)CC3)nc21. The molecule has 11 heteroatoms. The first-order chi connectivity index (χ1) is 15.4. The number of likely N-dealkylation sites (N-methyl/N-ethyl adjacent to an activating group) is 1. The molecule has 32 heavy (non-hydrogen) atoms. The van der Waals surface area contributed by atoms with Crippen LogP contribution in [-0.2, 0) is 21.1 Å². The van der Waals surface area contributed by atoms with E-state index < -0.39 is 12.1 Å². The van der Waals surface area contributed by atoms with Gasteiger partial charge in [-0.3, -0.25) is 19.1 Å². The number of nitrogens with one attached hydrogen (secondary N) is 1. The van der Waals surface area contributed by atoms with Gasteiger partial charge in [0, 0.05) is 6.54 Å². The predicted molar refractivity (Wildman–Crippen MR) is 117 cm³/mol. The van der Waals surface area contributed by atoms with Crippen LogP contribution in [0.4, 0.5) is 5.82 Å². The number of fused-ring (bicyclic) bond motifs is 1. The van der Waals surface area contributed by atoms with E-state index in [0.717, 1.165) is 0 Å². The van der Waals surface area contributed by atoms with Gasteiger partial charge in [-0.25, -0.2) is 15.0 Å². The molecule has 1 saturated heterocycles. The van der Waals surface area contributed by atoms with Gasteiger partial charge in [-0.15, -0.1) is 0 Å². The van der Waals surface area contributed by atoms with Crippen molar-refractivity contribution in [1.82, 2.24) is 29.7 Å². The fraction of sp³-hybridized carbons (Fsp3) is 0.571. The summed E-state index contributed by atoms with van der Waals surface area (Å²) in [6, 6.07) is 0. The molecule has 3 heterocycles. The lowest BCUT2D eigenvalue weighted by Gasteiger charge is -2.28. The number of likely N-dealkylation sites (tertiary alicyclic amines) is 1. The zero-order valence-corrected chi connectivity index (χ0v) is 18.4. The first-order valence-electron chi connectivity index (χ1n) is 10.7. The summed E-state index contributed by atoms with van der Waals surface area (Å²) in [4.78, 5) is 38.1. The summed E-state index contributed by atoms with van der Waals surface area (Å²) in [7, 11) is 0. The van der Waals surface area contributed by atoms with Crippen molar-refractivity contribution in [1.29, 1.82) is 0 Å². The van der Waals surface area contributed by atoms with E-state index in [0.29, 0.717) is 56.6 Å². The Morgan fingerprint density at radius 2 is 2.09 bits per heavy atom. The number of carbonyl (C=O) groups excluding carboxylic acids is 1. The van der Waals surface area contributed by atoms with Crippen molar-refractivity contribution in [2.75, 3.05) is 31.9 Å². The topological polar surface area (TPSA) is 148 Å². The van der Waals surface area contributed by atoms with Gasteiger partial charge in [0.15, 0.2) is 11.5 Å². The second-order valence-electron chi connectivity index (χ2n) is 7.60. The van der Waals surface area contributed by atoms with E-state index in [1.54, 1.807) is 10.9 Å². The number of aromatic nitrogens is 4. The molecule has 0 bridgehead atoms. The summed E-state index contributed by atoms with van der Waals surface area (Å²) in [6.45, 7) is 6.26. The van der Waals surface area contributed by atoms with Crippen molar-refractivity contribution in [3.05, 3.63) is 12.2 Å². The predicted octanol–water partition coefficient (Wildman–Crippen LogP) is 0.445. The van der Waals surface area contributed by atoms with Gasteiger partial charge >= 0.3 is 5.97 Å². The van der Waals surface area contributed by atoms with E-state index in [-0.39, 0.29) is 30.2 Å². The third-order valence-corrected chi connectivity index (χ3v) is 5.36. The largest absolute Gasteiger partial charge is 0.481 e. The standard InChI is InChI=1S/C21H29N7O4/c1-3-15(20(29)23-4-2)32-13-28-12-24-17-18(22)25-16(26-19(17)28)6-5-9-27-10-7-14(8-11-27)21(30)31/h12,14-15H,3-4,7-11,13H2,1-2H3,(H,23,29)(H,30,31)(H2,22,25,26). The summed E-state index contributed by atoms with van der Waals surface area (Å²) in [6.07, 6.45) is 2.76. The van der Waals surface area contributed by atoms with Gasteiger partial charge in [0.2, 0.25) is 11.7 Å². The highest BCUT2D eigenvalue weighted by atomic mass is 16.5. The number of imidazole rings is 1. The molecule has 1 fully saturated rings. The summed E-state index contributed by atoms with van der Waals surface area (Å²) in [5, 5.41) is 11.8. The van der Waals surface area contributed by atoms with E-state index in [2.05, 4.69) is 37.0 Å². The minimum atomic E-state index is -0.732. The normalized spacial score (nSPS) is 15.8. The highest BCUT2D eigenvalue weighted by molar-refractivity contribution is 5.82. The number of piperidine rings is 1. The molecule has 1 aliphatic rings. The van der Waals surface area contributed by atoms with Gasteiger partial charge < -0.3 is 20.9 Å². The molecule has 1 amide bonds. The van der Waals surface area contributed by atoms with Gasteiger partial charge in [0.05, 0.1) is 18.8 Å². The molecule has 172 valence electrons. The minimum Gasteiger partial charge on any atom is -0.481 e. The molecule has 3 rings (SSSR count). The zero-order valence-electron chi connectivity index (χ0n) is 18.4. The van der Waals surface area contributed by atoms with Crippen LogP contribution in [0.2, 0.25) is 0 Å². The summed E-state index contributed by atoms with van der Waals surface area (Å²) in [5.41, 5.74) is 6.96. The summed E-state index contributed by atoms with van der Waals surface area (Å²) in [5.74, 6) is 5.30. The Hall–Kier alpha value is -3.23. The fourth-order valence-corrected chi connectivity index (χ4v) is 3.52. The van der Waals surface area contributed by atoms with Gasteiger partial charge in [0.25, 0.3) is 0 Å². The maximum absolute atomic E-state index is 12.0. The third-order valence-electron chi connectivity index (χ3n) is 5.36. The number of aliphatic carboxylic acids is 1. The van der Waals surface area contributed by atoms with Crippen LogP contribution >= 0.6 is 0 Å². The van der Waals surface area contributed by atoms with Crippen molar-refractivity contribution in [2.24, 2.45) is 5.92 Å². The van der Waals surface area contributed by atoms with Crippen molar-refractivity contribution in [3.63, 3.8) is 0 Å². The first-order valence-corrected chi connectivity index (χ1v) is 10.7. The number of nitrogens with two attached hydrogens (primary N) is 1. The highest BCUT2D eigenvalue weighted by Gasteiger charge is 2.23. The van der Waals surface area contributed by atoms with Gasteiger partial charge in [-0.2, -0.15) is 0 Å². The minimum absolute atomic E-state index is 0.0913. The number of carboxylic acids is 1. The maximum atomic E-state index is 12.0. The van der Waals surface area contributed by atoms with Gasteiger partial charge in [-0.05, 0) is 45.2 Å². The second-order valence-corrected chi connectivity index (χ2v) is 7.60. The Morgan fingerprint density at radius 3 is 2.75 bits per heavy atom. The Kier molecular flexibility index (Phi) is 7.97. The van der Waals surface area contributed by atoms with Crippen molar-refractivity contribution in [3.8, 4) is 11.8 Å². The molecule has 0 aliphatic carbocycles. The molecule has 0 spiro atoms. The molecule has 1 aliphatic heterocycles. The third kappa shape index (κ3) is 5.72. The number of rotatable bonds is 8. The molecule has 0 aromatic carbocycles. The molecule has 4 N–H and O–H groups in total. The monoisotopic (exact) mass is 443 g/mol. The number of nitrogens with zero attached hydrogens (tertiary/aromatic N) is 5. The van der Waals surface area contributed by atoms with E-state index in [4.69, 9.17) is 15.6 Å².